The highest BCUT2D eigenvalue weighted by molar-refractivity contribution is 7.83. The first-order valence-corrected chi connectivity index (χ1v) is 13.2. The van der Waals surface area contributed by atoms with E-state index in [2.05, 4.69) is 15.6 Å². The maximum atomic E-state index is 13.3. The highest BCUT2D eigenvalue weighted by Crippen LogP contribution is 2.26. The molecule has 0 spiro atoms. The minimum atomic E-state index is -1.01. The number of benzene rings is 2. The second-order valence-corrected chi connectivity index (χ2v) is 9.94. The molecule has 1 aliphatic heterocycles. The lowest BCUT2D eigenvalue weighted by atomic mass is 9.99. The van der Waals surface area contributed by atoms with Crippen molar-refractivity contribution in [1.29, 1.82) is 0 Å². The Hall–Kier alpha value is -3.30. The van der Waals surface area contributed by atoms with Crippen LogP contribution in [0, 0.1) is 5.92 Å². The molecule has 2 heterocycles. The van der Waals surface area contributed by atoms with Crippen molar-refractivity contribution < 1.29 is 23.3 Å². The fraction of sp³-hybridized carbons (Fsp3) is 0.346. The van der Waals surface area contributed by atoms with Crippen molar-refractivity contribution in [1.82, 2.24) is 10.3 Å². The van der Waals surface area contributed by atoms with Gasteiger partial charge in [0.05, 0.1) is 12.8 Å². The van der Waals surface area contributed by atoms with Crippen LogP contribution in [0.1, 0.15) is 39.3 Å². The van der Waals surface area contributed by atoms with Crippen molar-refractivity contribution in [3.63, 3.8) is 0 Å². The van der Waals surface area contributed by atoms with E-state index >= 15 is 0 Å². The van der Waals surface area contributed by atoms with Crippen LogP contribution in [-0.4, -0.2) is 54.1 Å². The van der Waals surface area contributed by atoms with Crippen LogP contribution in [0.4, 0.5) is 5.69 Å². The predicted molar refractivity (Wildman–Crippen MR) is 136 cm³/mol. The quantitative estimate of drug-likeness (QED) is 0.495. The number of amides is 2. The van der Waals surface area contributed by atoms with Gasteiger partial charge >= 0.3 is 0 Å². The highest BCUT2D eigenvalue weighted by atomic mass is 32.2. The molecule has 1 aliphatic rings. The van der Waals surface area contributed by atoms with Crippen molar-refractivity contribution in [2.75, 3.05) is 38.4 Å². The number of nitrogens with zero attached hydrogens (tertiary/aromatic N) is 1. The maximum absolute atomic E-state index is 13.3. The molecule has 2 aromatic carbocycles. The third-order valence-electron chi connectivity index (χ3n) is 6.05. The van der Waals surface area contributed by atoms with Gasteiger partial charge in [-0.3, -0.25) is 13.8 Å². The Morgan fingerprint density at radius 1 is 1.06 bits per heavy atom. The van der Waals surface area contributed by atoms with E-state index in [1.807, 2.05) is 30.3 Å². The van der Waals surface area contributed by atoms with E-state index in [0.717, 1.165) is 29.2 Å². The van der Waals surface area contributed by atoms with Gasteiger partial charge in [0.15, 0.2) is 5.69 Å². The molecule has 1 atom stereocenters. The minimum absolute atomic E-state index is 0.0899. The number of ether oxygens (including phenoxy) is 2. The van der Waals surface area contributed by atoms with Crippen LogP contribution in [-0.2, 0) is 21.3 Å². The van der Waals surface area contributed by atoms with Gasteiger partial charge in [0.25, 0.3) is 11.8 Å². The van der Waals surface area contributed by atoms with Crippen molar-refractivity contribution in [3.05, 3.63) is 65.4 Å². The first kappa shape index (κ1) is 24.8. The van der Waals surface area contributed by atoms with Crippen LogP contribution < -0.4 is 15.4 Å². The Morgan fingerprint density at radius 2 is 1.80 bits per heavy atom. The smallest absolute Gasteiger partial charge is 0.272 e. The number of carbonyl (C=O) groups is 2. The largest absolute Gasteiger partial charge is 0.481 e. The highest BCUT2D eigenvalue weighted by Gasteiger charge is 2.21. The molecule has 9 heteroatoms. The summed E-state index contributed by atoms with van der Waals surface area (Å²) in [5.41, 5.74) is 1.75. The Kier molecular flexibility index (Phi) is 8.09. The lowest BCUT2D eigenvalue weighted by Crippen LogP contribution is -2.33. The molecule has 35 heavy (non-hydrogen) atoms. The number of rotatable bonds is 8. The first-order chi connectivity index (χ1) is 17.0. The molecule has 0 saturated carbocycles. The molecular formula is C26H29N3O5S. The maximum Gasteiger partial charge on any atom is 0.272 e. The zero-order valence-corrected chi connectivity index (χ0v) is 20.7. The van der Waals surface area contributed by atoms with E-state index < -0.39 is 10.8 Å². The van der Waals surface area contributed by atoms with E-state index in [1.165, 1.54) is 7.11 Å². The summed E-state index contributed by atoms with van der Waals surface area (Å²) in [4.78, 5) is 30.6. The van der Waals surface area contributed by atoms with E-state index in [0.29, 0.717) is 42.7 Å². The number of hydrogen-bond acceptors (Lipinski definition) is 6. The minimum Gasteiger partial charge on any atom is -0.481 e. The van der Waals surface area contributed by atoms with Gasteiger partial charge in [0.2, 0.25) is 5.88 Å². The number of pyridine rings is 1. The first-order valence-electron chi connectivity index (χ1n) is 11.5. The third-order valence-corrected chi connectivity index (χ3v) is 6.77. The average Bonchev–Trinajstić information content (AvgIpc) is 2.88. The summed E-state index contributed by atoms with van der Waals surface area (Å²) >= 11 is 0. The van der Waals surface area contributed by atoms with Crippen molar-refractivity contribution >= 4 is 39.1 Å². The molecule has 2 N–H and O–H groups in total. The predicted octanol–water partition coefficient (Wildman–Crippen LogP) is 3.53. The third kappa shape index (κ3) is 6.04. The molecule has 1 aromatic heterocycles. The molecule has 184 valence electrons. The molecule has 8 nitrogen and oxygen atoms in total. The summed E-state index contributed by atoms with van der Waals surface area (Å²) in [5, 5.41) is 7.41. The van der Waals surface area contributed by atoms with Crippen LogP contribution in [0.5, 0.6) is 5.88 Å². The van der Waals surface area contributed by atoms with Gasteiger partial charge < -0.3 is 20.1 Å². The number of aromatic nitrogens is 1. The van der Waals surface area contributed by atoms with Gasteiger partial charge in [-0.15, -0.1) is 0 Å². The van der Waals surface area contributed by atoms with Crippen LogP contribution in [0.3, 0.4) is 0 Å². The van der Waals surface area contributed by atoms with E-state index in [9.17, 15) is 13.8 Å². The molecule has 0 bridgehead atoms. The number of methoxy groups -OCH3 is 1. The molecule has 1 saturated heterocycles. The van der Waals surface area contributed by atoms with Gasteiger partial charge in [-0.05, 0) is 47.2 Å². The summed E-state index contributed by atoms with van der Waals surface area (Å²) in [6.07, 6.45) is 3.44. The fourth-order valence-corrected chi connectivity index (χ4v) is 4.88. The zero-order valence-electron chi connectivity index (χ0n) is 19.8. The van der Waals surface area contributed by atoms with Gasteiger partial charge in [-0.1, -0.05) is 30.3 Å². The number of anilines is 1. The second-order valence-electron chi connectivity index (χ2n) is 8.51. The van der Waals surface area contributed by atoms with Crippen LogP contribution in [0.25, 0.3) is 10.8 Å². The molecule has 0 aliphatic carbocycles. The standard InChI is InChI=1S/C26H29N3O5S/c1-33-23-10-9-22(24(29-23)26(31)27-15-17-11-13-34-14-12-17)28-25(30)21-8-7-18(16-35(2)32)19-5-3-4-6-20(19)21/h3-10,17H,11-16H2,1-2H3,(H,27,31)(H,28,30). The SMILES string of the molecule is COc1ccc(NC(=O)c2ccc(CS(C)=O)c3ccccc23)c(C(=O)NCC2CCOCC2)n1. The molecular weight excluding hydrogens is 466 g/mol. The van der Waals surface area contributed by atoms with Crippen LogP contribution in [0.15, 0.2) is 48.5 Å². The number of hydrogen-bond donors (Lipinski definition) is 2. The van der Waals surface area contributed by atoms with E-state index in [-0.39, 0.29) is 23.4 Å². The summed E-state index contributed by atoms with van der Waals surface area (Å²) in [7, 11) is 0.464. The van der Waals surface area contributed by atoms with E-state index in [1.54, 1.807) is 24.5 Å². The average molecular weight is 496 g/mol. The molecule has 1 fully saturated rings. The Bertz CT molecular complexity index is 1260. The van der Waals surface area contributed by atoms with Gasteiger partial charge in [0.1, 0.15) is 0 Å². The fourth-order valence-electron chi connectivity index (χ4n) is 4.19. The topological polar surface area (TPSA) is 107 Å². The Balaban J connectivity index is 1.59. The molecule has 2 amide bonds. The van der Waals surface area contributed by atoms with E-state index in [4.69, 9.17) is 9.47 Å². The van der Waals surface area contributed by atoms with Crippen LogP contribution in [0.2, 0.25) is 0 Å². The molecule has 4 rings (SSSR count). The zero-order chi connectivity index (χ0) is 24.8. The molecule has 1 unspecified atom stereocenters. The monoisotopic (exact) mass is 495 g/mol. The summed E-state index contributed by atoms with van der Waals surface area (Å²) in [5.74, 6) is 0.287. The number of nitrogens with one attached hydrogen (secondary N) is 2. The lowest BCUT2D eigenvalue weighted by Gasteiger charge is -2.22. The normalized spacial score (nSPS) is 14.9. The second kappa shape index (κ2) is 11.4. The van der Waals surface area contributed by atoms with Crippen molar-refractivity contribution in [2.24, 2.45) is 5.92 Å². The van der Waals surface area contributed by atoms with Gasteiger partial charge in [-0.25, -0.2) is 4.98 Å². The summed E-state index contributed by atoms with van der Waals surface area (Å²) in [6.45, 7) is 1.90. The summed E-state index contributed by atoms with van der Waals surface area (Å²) < 4.78 is 22.4. The lowest BCUT2D eigenvalue weighted by molar-refractivity contribution is 0.0642. The molecule has 3 aromatic rings. The van der Waals surface area contributed by atoms with Crippen molar-refractivity contribution in [3.8, 4) is 5.88 Å². The number of fused-ring (bicyclic) bond motifs is 1. The molecule has 0 radical (unpaired) electrons. The van der Waals surface area contributed by atoms with Gasteiger partial charge in [-0.2, -0.15) is 0 Å². The Morgan fingerprint density at radius 3 is 2.51 bits per heavy atom. The van der Waals surface area contributed by atoms with Crippen molar-refractivity contribution in [2.45, 2.75) is 18.6 Å². The van der Waals surface area contributed by atoms with Crippen LogP contribution >= 0.6 is 0 Å². The number of carbonyl (C=O) groups excluding carboxylic acids is 2. The Labute approximate surface area is 206 Å². The summed E-state index contributed by atoms with van der Waals surface area (Å²) in [6, 6.07) is 14.3. The van der Waals surface area contributed by atoms with Gasteiger partial charge in [0, 0.05) is 54.2 Å².